The largest absolute Gasteiger partial charge is 0.487 e. The highest BCUT2D eigenvalue weighted by molar-refractivity contribution is 9.10. The maximum atomic E-state index is 13.5. The zero-order valence-corrected chi connectivity index (χ0v) is 22.1. The van der Waals surface area contributed by atoms with Crippen LogP contribution in [0.4, 0.5) is 0 Å². The summed E-state index contributed by atoms with van der Waals surface area (Å²) in [6, 6.07) is 20.7. The molecule has 0 radical (unpaired) electrons. The van der Waals surface area contributed by atoms with Crippen molar-refractivity contribution in [3.8, 4) is 5.75 Å². The van der Waals surface area contributed by atoms with Gasteiger partial charge in [-0.1, -0.05) is 70.0 Å². The molecule has 0 saturated carbocycles. The van der Waals surface area contributed by atoms with Gasteiger partial charge in [-0.3, -0.25) is 4.79 Å². The minimum absolute atomic E-state index is 0.112. The summed E-state index contributed by atoms with van der Waals surface area (Å²) in [5.41, 5.74) is 5.44. The topological polar surface area (TPSA) is 64.6 Å². The maximum Gasteiger partial charge on any atom is 0.336 e. The quantitative estimate of drug-likeness (QED) is 0.333. The average molecular weight is 565 g/mol. The van der Waals surface area contributed by atoms with E-state index in [-0.39, 0.29) is 12.4 Å². The smallest absolute Gasteiger partial charge is 0.336 e. The number of ketones is 1. The molecule has 1 atom stereocenters. The second-order valence-electron chi connectivity index (χ2n) is 8.59. The third-order valence-corrected chi connectivity index (χ3v) is 7.17. The molecule has 0 spiro atoms. The van der Waals surface area contributed by atoms with Crippen molar-refractivity contribution in [2.24, 2.45) is 0 Å². The fourth-order valence-electron chi connectivity index (χ4n) is 4.70. The SMILES string of the molecule is CCOC(=O)C1=C(C)NC2=C(C(=O)c3ccccc32)[C@@H]1c1ccc(OCc2ccc(Br)cc2)c(Cl)c1. The highest BCUT2D eigenvalue weighted by Gasteiger charge is 2.43. The first-order valence-electron chi connectivity index (χ1n) is 11.6. The lowest BCUT2D eigenvalue weighted by Gasteiger charge is -2.29. The van der Waals surface area contributed by atoms with Crippen molar-refractivity contribution in [2.75, 3.05) is 6.61 Å². The Kier molecular flexibility index (Phi) is 6.73. The number of allylic oxidation sites excluding steroid dienone is 2. The molecule has 3 aromatic rings. The van der Waals surface area contributed by atoms with Crippen LogP contribution in [-0.4, -0.2) is 18.4 Å². The number of carbonyl (C=O) groups is 2. The van der Waals surface area contributed by atoms with Crippen molar-refractivity contribution >= 4 is 45.0 Å². The van der Waals surface area contributed by atoms with Crippen LogP contribution in [0.1, 0.15) is 46.8 Å². The van der Waals surface area contributed by atoms with Gasteiger partial charge in [0.05, 0.1) is 22.9 Å². The number of Topliss-reactive ketones (excluding diaryl/α,β-unsaturated/α-hetero) is 1. The van der Waals surface area contributed by atoms with E-state index in [0.29, 0.717) is 45.3 Å². The number of benzene rings is 3. The van der Waals surface area contributed by atoms with Gasteiger partial charge in [-0.25, -0.2) is 4.79 Å². The molecule has 0 bridgehead atoms. The molecule has 0 amide bonds. The van der Waals surface area contributed by atoms with Crippen LogP contribution in [0.15, 0.2) is 88.0 Å². The molecular formula is C29H23BrClNO4. The Morgan fingerprint density at radius 1 is 1.06 bits per heavy atom. The van der Waals surface area contributed by atoms with Crippen molar-refractivity contribution in [1.82, 2.24) is 5.32 Å². The molecule has 36 heavy (non-hydrogen) atoms. The van der Waals surface area contributed by atoms with Crippen LogP contribution < -0.4 is 10.1 Å². The lowest BCUT2D eigenvalue weighted by atomic mass is 9.80. The molecule has 1 aliphatic heterocycles. The normalized spacial score (nSPS) is 16.4. The number of hydrogen-bond acceptors (Lipinski definition) is 5. The van der Waals surface area contributed by atoms with Gasteiger partial charge in [0.25, 0.3) is 0 Å². The van der Waals surface area contributed by atoms with Crippen LogP contribution in [-0.2, 0) is 16.1 Å². The van der Waals surface area contributed by atoms with Crippen molar-refractivity contribution in [3.05, 3.63) is 115 Å². The summed E-state index contributed by atoms with van der Waals surface area (Å²) in [4.78, 5) is 26.6. The molecule has 0 unspecified atom stereocenters. The van der Waals surface area contributed by atoms with E-state index in [1.165, 1.54) is 0 Å². The van der Waals surface area contributed by atoms with Gasteiger partial charge in [0, 0.05) is 32.8 Å². The van der Waals surface area contributed by atoms with E-state index in [0.717, 1.165) is 21.3 Å². The van der Waals surface area contributed by atoms with Crippen molar-refractivity contribution in [1.29, 1.82) is 0 Å². The Balaban J connectivity index is 1.53. The van der Waals surface area contributed by atoms with Gasteiger partial charge in [0.1, 0.15) is 12.4 Å². The lowest BCUT2D eigenvalue weighted by molar-refractivity contribution is -0.138. The molecule has 1 aliphatic carbocycles. The maximum absolute atomic E-state index is 13.5. The molecule has 182 valence electrons. The van der Waals surface area contributed by atoms with E-state index in [9.17, 15) is 9.59 Å². The third kappa shape index (κ3) is 4.36. The number of hydrogen-bond donors (Lipinski definition) is 1. The summed E-state index contributed by atoms with van der Waals surface area (Å²) in [6.07, 6.45) is 0. The summed E-state index contributed by atoms with van der Waals surface area (Å²) in [5, 5.41) is 3.70. The van der Waals surface area contributed by atoms with Crippen LogP contribution in [0.3, 0.4) is 0 Å². The Labute approximate surface area is 222 Å². The Morgan fingerprint density at radius 2 is 1.78 bits per heavy atom. The van der Waals surface area contributed by atoms with Crippen LogP contribution in [0, 0.1) is 0 Å². The Hall–Kier alpha value is -3.35. The molecule has 3 aromatic carbocycles. The molecule has 1 N–H and O–H groups in total. The summed E-state index contributed by atoms with van der Waals surface area (Å²) >= 11 is 10.1. The monoisotopic (exact) mass is 563 g/mol. The predicted octanol–water partition coefficient (Wildman–Crippen LogP) is 6.81. The highest BCUT2D eigenvalue weighted by atomic mass is 79.9. The molecule has 5 nitrogen and oxygen atoms in total. The number of dihydropyridines is 1. The van der Waals surface area contributed by atoms with Crippen molar-refractivity contribution in [2.45, 2.75) is 26.4 Å². The zero-order chi connectivity index (χ0) is 25.4. The lowest BCUT2D eigenvalue weighted by Crippen LogP contribution is -2.29. The minimum Gasteiger partial charge on any atom is -0.487 e. The highest BCUT2D eigenvalue weighted by Crippen LogP contribution is 2.47. The van der Waals surface area contributed by atoms with Crippen LogP contribution in [0.5, 0.6) is 5.75 Å². The first kappa shape index (κ1) is 24.3. The minimum atomic E-state index is -0.627. The number of esters is 1. The van der Waals surface area contributed by atoms with Gasteiger partial charge >= 0.3 is 5.97 Å². The average Bonchev–Trinajstić information content (AvgIpc) is 3.15. The molecule has 5 rings (SSSR count). The first-order valence-corrected chi connectivity index (χ1v) is 12.8. The number of carbonyl (C=O) groups excluding carboxylic acids is 2. The van der Waals surface area contributed by atoms with Gasteiger partial charge in [-0.2, -0.15) is 0 Å². The second kappa shape index (κ2) is 9.96. The fraction of sp³-hybridized carbons (Fsp3) is 0.172. The second-order valence-corrected chi connectivity index (χ2v) is 9.91. The molecule has 7 heteroatoms. The number of fused-ring (bicyclic) bond motifs is 2. The van der Waals surface area contributed by atoms with E-state index in [1.807, 2.05) is 55.5 Å². The summed E-state index contributed by atoms with van der Waals surface area (Å²) in [6.45, 7) is 4.17. The number of rotatable bonds is 6. The number of nitrogens with one attached hydrogen (secondary N) is 1. The van der Waals surface area contributed by atoms with Gasteiger partial charge in [-0.05, 0) is 49.2 Å². The van der Waals surface area contributed by atoms with Gasteiger partial charge in [-0.15, -0.1) is 0 Å². The Morgan fingerprint density at radius 3 is 2.47 bits per heavy atom. The fourth-order valence-corrected chi connectivity index (χ4v) is 5.21. The standard InChI is InChI=1S/C29H23BrClNO4/c1-3-35-29(34)24-16(2)32-27-20-6-4-5-7-21(20)28(33)26(27)25(24)18-10-13-23(22(31)14-18)36-15-17-8-11-19(30)12-9-17/h4-14,25,32H,3,15H2,1-2H3/t25-/m1/s1. The van der Waals surface area contributed by atoms with Gasteiger partial charge in [0.15, 0.2) is 5.78 Å². The van der Waals surface area contributed by atoms with E-state index >= 15 is 0 Å². The van der Waals surface area contributed by atoms with Gasteiger partial charge < -0.3 is 14.8 Å². The molecule has 0 saturated heterocycles. The van der Waals surface area contributed by atoms with E-state index in [2.05, 4.69) is 21.2 Å². The van der Waals surface area contributed by atoms with Gasteiger partial charge in [0.2, 0.25) is 0 Å². The number of halogens is 2. The van der Waals surface area contributed by atoms with Crippen LogP contribution in [0.25, 0.3) is 5.70 Å². The summed E-state index contributed by atoms with van der Waals surface area (Å²) in [7, 11) is 0. The third-order valence-electron chi connectivity index (χ3n) is 6.34. The summed E-state index contributed by atoms with van der Waals surface area (Å²) < 4.78 is 12.3. The van der Waals surface area contributed by atoms with Crippen molar-refractivity contribution in [3.63, 3.8) is 0 Å². The van der Waals surface area contributed by atoms with E-state index in [1.54, 1.807) is 25.1 Å². The van der Waals surface area contributed by atoms with E-state index < -0.39 is 11.9 Å². The zero-order valence-electron chi connectivity index (χ0n) is 19.7. The molecular weight excluding hydrogens is 542 g/mol. The summed E-state index contributed by atoms with van der Waals surface area (Å²) in [5.74, 6) is -0.683. The molecule has 0 fully saturated rings. The molecule has 1 heterocycles. The number of ether oxygens (including phenoxy) is 2. The first-order chi connectivity index (χ1) is 17.4. The Bertz CT molecular complexity index is 1440. The van der Waals surface area contributed by atoms with Crippen LogP contribution in [0.2, 0.25) is 5.02 Å². The van der Waals surface area contributed by atoms with Crippen LogP contribution >= 0.6 is 27.5 Å². The predicted molar refractivity (Wildman–Crippen MR) is 143 cm³/mol. The molecule has 2 aliphatic rings. The van der Waals surface area contributed by atoms with Crippen molar-refractivity contribution < 1.29 is 19.1 Å². The van der Waals surface area contributed by atoms with E-state index in [4.69, 9.17) is 21.1 Å². The molecule has 0 aromatic heterocycles.